The molecule has 2 fully saturated rings. The molecule has 0 N–H and O–H groups in total. The van der Waals surface area contributed by atoms with E-state index in [1.165, 1.54) is 55.5 Å². The van der Waals surface area contributed by atoms with Crippen LogP contribution in [-0.4, -0.2) is 41.9 Å². The maximum atomic E-state index is 13.1. The van der Waals surface area contributed by atoms with E-state index in [0.717, 1.165) is 38.0 Å². The Labute approximate surface area is 179 Å². The fourth-order valence-corrected chi connectivity index (χ4v) is 5.36. The summed E-state index contributed by atoms with van der Waals surface area (Å²) in [5, 5.41) is 0. The minimum absolute atomic E-state index is 0.150. The number of carbonyl (C=O) groups excluding carboxylic acids is 1. The fourth-order valence-electron chi connectivity index (χ4n) is 5.36. The molecule has 0 atom stereocenters. The fraction of sp³-hybridized carbons (Fsp3) is 0.500. The second-order valence-corrected chi connectivity index (χ2v) is 9.12. The van der Waals surface area contributed by atoms with Gasteiger partial charge in [-0.2, -0.15) is 0 Å². The molecule has 0 radical (unpaired) electrons. The van der Waals surface area contributed by atoms with Crippen molar-refractivity contribution in [3.05, 3.63) is 70.8 Å². The van der Waals surface area contributed by atoms with Gasteiger partial charge in [0.1, 0.15) is 0 Å². The Kier molecular flexibility index (Phi) is 5.62. The van der Waals surface area contributed by atoms with Crippen LogP contribution in [0, 0.1) is 0 Å². The van der Waals surface area contributed by atoms with Gasteiger partial charge >= 0.3 is 0 Å². The lowest BCUT2D eigenvalue weighted by molar-refractivity contribution is -0.0741. The van der Waals surface area contributed by atoms with Crippen LogP contribution < -0.4 is 0 Å². The molecule has 3 aliphatic rings. The quantitative estimate of drug-likeness (QED) is 0.742. The third-order valence-corrected chi connectivity index (χ3v) is 7.18. The summed E-state index contributed by atoms with van der Waals surface area (Å²) in [6.07, 6.45) is 7.09. The number of rotatable bonds is 3. The van der Waals surface area contributed by atoms with Crippen molar-refractivity contribution >= 4 is 5.91 Å². The van der Waals surface area contributed by atoms with Gasteiger partial charge in [0.2, 0.25) is 0 Å². The van der Waals surface area contributed by atoms with Gasteiger partial charge < -0.3 is 9.64 Å². The van der Waals surface area contributed by atoms with Crippen LogP contribution in [0.3, 0.4) is 0 Å². The molecule has 4 heteroatoms. The molecule has 0 unspecified atom stereocenters. The van der Waals surface area contributed by atoms with Crippen molar-refractivity contribution in [2.45, 2.75) is 57.3 Å². The molecule has 1 amide bonds. The lowest BCUT2D eigenvalue weighted by atomic mass is 9.83. The molecule has 2 aromatic carbocycles. The van der Waals surface area contributed by atoms with Crippen molar-refractivity contribution < 1.29 is 9.53 Å². The molecule has 0 bridgehead atoms. The van der Waals surface area contributed by atoms with Crippen LogP contribution >= 0.6 is 0 Å². The zero-order chi connectivity index (χ0) is 20.4. The highest BCUT2D eigenvalue weighted by atomic mass is 16.5. The summed E-state index contributed by atoms with van der Waals surface area (Å²) in [5.41, 5.74) is 4.55. The summed E-state index contributed by atoms with van der Waals surface area (Å²) in [6.45, 7) is 5.59. The summed E-state index contributed by atoms with van der Waals surface area (Å²) < 4.78 is 6.24. The molecular weight excluding hydrogens is 372 g/mol. The van der Waals surface area contributed by atoms with Crippen molar-refractivity contribution in [3.8, 4) is 0 Å². The van der Waals surface area contributed by atoms with Gasteiger partial charge in [0, 0.05) is 25.2 Å². The Balaban J connectivity index is 1.20. The van der Waals surface area contributed by atoms with Gasteiger partial charge in [-0.25, -0.2) is 0 Å². The monoisotopic (exact) mass is 404 g/mol. The molecule has 5 rings (SSSR count). The second kappa shape index (κ2) is 8.52. The standard InChI is InChI=1S/C26H32N2O2/c29-25(22-11-9-21(10-12-22)19-27-15-5-1-2-6-16-27)28-17-13-26(14-18-28)24-8-4-3-7-23(24)20-30-26/h3-4,7-12H,1-2,5-6,13-20H2. The zero-order valence-electron chi connectivity index (χ0n) is 17.8. The highest BCUT2D eigenvalue weighted by Crippen LogP contribution is 2.44. The maximum Gasteiger partial charge on any atom is 0.253 e. The van der Waals surface area contributed by atoms with Gasteiger partial charge in [0.15, 0.2) is 0 Å². The number of piperidine rings is 1. The van der Waals surface area contributed by atoms with Crippen molar-refractivity contribution in [2.24, 2.45) is 0 Å². The van der Waals surface area contributed by atoms with E-state index in [-0.39, 0.29) is 11.5 Å². The first-order valence-electron chi connectivity index (χ1n) is 11.6. The Morgan fingerprint density at radius 3 is 2.30 bits per heavy atom. The molecule has 2 saturated heterocycles. The molecule has 3 aliphatic heterocycles. The molecule has 0 aromatic heterocycles. The normalized spacial score (nSPS) is 21.4. The largest absolute Gasteiger partial charge is 0.365 e. The number of likely N-dealkylation sites (tertiary alicyclic amines) is 2. The molecule has 158 valence electrons. The molecule has 0 saturated carbocycles. The van der Waals surface area contributed by atoms with E-state index in [4.69, 9.17) is 4.74 Å². The predicted molar refractivity (Wildman–Crippen MR) is 118 cm³/mol. The van der Waals surface area contributed by atoms with Crippen LogP contribution in [0.5, 0.6) is 0 Å². The first-order chi connectivity index (χ1) is 14.7. The van der Waals surface area contributed by atoms with E-state index in [1.54, 1.807) is 0 Å². The Morgan fingerprint density at radius 2 is 1.57 bits per heavy atom. The van der Waals surface area contributed by atoms with Crippen molar-refractivity contribution in [2.75, 3.05) is 26.2 Å². The predicted octanol–water partition coefficient (Wildman–Crippen LogP) is 4.72. The van der Waals surface area contributed by atoms with Crippen LogP contribution in [0.25, 0.3) is 0 Å². The SMILES string of the molecule is O=C(c1ccc(CN2CCCCCC2)cc1)N1CCC2(CC1)OCc1ccccc12. The van der Waals surface area contributed by atoms with Crippen LogP contribution in [-0.2, 0) is 23.5 Å². The van der Waals surface area contributed by atoms with Gasteiger partial charge in [0.25, 0.3) is 5.91 Å². The highest BCUT2D eigenvalue weighted by Gasteiger charge is 2.43. The van der Waals surface area contributed by atoms with E-state index in [1.807, 2.05) is 17.0 Å². The molecule has 2 aromatic rings. The Bertz CT molecular complexity index is 876. The third kappa shape index (κ3) is 3.91. The van der Waals surface area contributed by atoms with Crippen LogP contribution in [0.15, 0.2) is 48.5 Å². The number of benzene rings is 2. The molecule has 3 heterocycles. The van der Waals surface area contributed by atoms with Gasteiger partial charge in [-0.15, -0.1) is 0 Å². The molecular formula is C26H32N2O2. The average molecular weight is 405 g/mol. The Morgan fingerprint density at radius 1 is 0.867 bits per heavy atom. The lowest BCUT2D eigenvalue weighted by Crippen LogP contribution is -2.45. The number of carbonyl (C=O) groups is 1. The first kappa shape index (κ1) is 19.8. The second-order valence-electron chi connectivity index (χ2n) is 9.12. The zero-order valence-corrected chi connectivity index (χ0v) is 17.8. The van der Waals surface area contributed by atoms with E-state index in [2.05, 4.69) is 41.3 Å². The minimum atomic E-state index is -0.190. The number of hydrogen-bond acceptors (Lipinski definition) is 3. The van der Waals surface area contributed by atoms with Gasteiger partial charge in [-0.05, 0) is 67.6 Å². The number of amides is 1. The maximum absolute atomic E-state index is 13.1. The summed E-state index contributed by atoms with van der Waals surface area (Å²) in [6, 6.07) is 16.8. The van der Waals surface area contributed by atoms with Gasteiger partial charge in [-0.1, -0.05) is 49.2 Å². The van der Waals surface area contributed by atoms with E-state index in [9.17, 15) is 4.79 Å². The van der Waals surface area contributed by atoms with E-state index in [0.29, 0.717) is 6.61 Å². The summed E-state index contributed by atoms with van der Waals surface area (Å²) in [4.78, 5) is 17.6. The summed E-state index contributed by atoms with van der Waals surface area (Å²) in [7, 11) is 0. The number of ether oxygens (including phenoxy) is 1. The van der Waals surface area contributed by atoms with Crippen molar-refractivity contribution in [3.63, 3.8) is 0 Å². The van der Waals surface area contributed by atoms with Gasteiger partial charge in [0.05, 0.1) is 12.2 Å². The van der Waals surface area contributed by atoms with Crippen LogP contribution in [0.2, 0.25) is 0 Å². The minimum Gasteiger partial charge on any atom is -0.365 e. The summed E-state index contributed by atoms with van der Waals surface area (Å²) in [5.74, 6) is 0.150. The van der Waals surface area contributed by atoms with E-state index < -0.39 is 0 Å². The number of hydrogen-bond donors (Lipinski definition) is 0. The third-order valence-electron chi connectivity index (χ3n) is 7.18. The average Bonchev–Trinajstić information content (AvgIpc) is 2.96. The van der Waals surface area contributed by atoms with E-state index >= 15 is 0 Å². The van der Waals surface area contributed by atoms with Gasteiger partial charge in [-0.3, -0.25) is 9.69 Å². The summed E-state index contributed by atoms with van der Waals surface area (Å²) >= 11 is 0. The number of fused-ring (bicyclic) bond motifs is 2. The molecule has 4 nitrogen and oxygen atoms in total. The smallest absolute Gasteiger partial charge is 0.253 e. The first-order valence-corrected chi connectivity index (χ1v) is 11.6. The van der Waals surface area contributed by atoms with Crippen LogP contribution in [0.4, 0.5) is 0 Å². The van der Waals surface area contributed by atoms with Crippen molar-refractivity contribution in [1.82, 2.24) is 9.80 Å². The molecule has 30 heavy (non-hydrogen) atoms. The highest BCUT2D eigenvalue weighted by molar-refractivity contribution is 5.94. The van der Waals surface area contributed by atoms with Crippen LogP contribution in [0.1, 0.15) is 65.6 Å². The van der Waals surface area contributed by atoms with Crippen molar-refractivity contribution in [1.29, 1.82) is 0 Å². The Hall–Kier alpha value is -2.17. The molecule has 0 aliphatic carbocycles. The topological polar surface area (TPSA) is 32.8 Å². The number of nitrogens with zero attached hydrogens (tertiary/aromatic N) is 2. The molecule has 1 spiro atoms. The lowest BCUT2D eigenvalue weighted by Gasteiger charge is -2.39.